The summed E-state index contributed by atoms with van der Waals surface area (Å²) in [6.45, 7) is 1.97. The molecule has 0 bridgehead atoms. The van der Waals surface area contributed by atoms with Gasteiger partial charge in [0.1, 0.15) is 5.82 Å². The molecule has 0 saturated heterocycles. The van der Waals surface area contributed by atoms with Crippen LogP contribution in [0.15, 0.2) is 21.5 Å². The van der Waals surface area contributed by atoms with Gasteiger partial charge in [0, 0.05) is 5.54 Å². The van der Waals surface area contributed by atoms with Crippen molar-refractivity contribution in [2.75, 3.05) is 0 Å². The van der Waals surface area contributed by atoms with Gasteiger partial charge in [-0.25, -0.2) is 17.9 Å². The van der Waals surface area contributed by atoms with E-state index in [2.05, 4.69) is 21.2 Å². The van der Waals surface area contributed by atoms with Gasteiger partial charge in [-0.3, -0.25) is 4.79 Å². The van der Waals surface area contributed by atoms with Crippen LogP contribution in [0.5, 0.6) is 0 Å². The van der Waals surface area contributed by atoms with Gasteiger partial charge in [0.15, 0.2) is 0 Å². The van der Waals surface area contributed by atoms with Crippen molar-refractivity contribution in [3.8, 4) is 0 Å². The predicted octanol–water partition coefficient (Wildman–Crippen LogP) is 2.30. The first-order valence-corrected chi connectivity index (χ1v) is 8.87. The summed E-state index contributed by atoms with van der Waals surface area (Å²) in [5.74, 6) is -1.33. The molecule has 0 unspecified atom stereocenters. The number of nitrogens with two attached hydrogens (primary N) is 1. The van der Waals surface area contributed by atoms with Crippen LogP contribution in [0.4, 0.5) is 4.39 Å². The smallest absolute Gasteiger partial charge is 0.253 e. The Bertz CT molecular complexity index is 681. The molecular weight excluding hydrogens is 363 g/mol. The molecule has 0 aliphatic heterocycles. The quantitative estimate of drug-likeness (QED) is 0.841. The van der Waals surface area contributed by atoms with Crippen molar-refractivity contribution in [1.82, 2.24) is 5.32 Å². The van der Waals surface area contributed by atoms with Gasteiger partial charge in [-0.05, 0) is 53.7 Å². The third-order valence-corrected chi connectivity index (χ3v) is 5.97. The maximum Gasteiger partial charge on any atom is 0.253 e. The average Bonchev–Trinajstić information content (AvgIpc) is 2.34. The maximum absolute atomic E-state index is 13.6. The second-order valence-electron chi connectivity index (χ2n) is 5.25. The number of nitrogens with one attached hydrogen (secondary N) is 1. The Morgan fingerprint density at radius 2 is 2.10 bits per heavy atom. The molecule has 0 aromatic heterocycles. The monoisotopic (exact) mass is 378 g/mol. The van der Waals surface area contributed by atoms with Crippen LogP contribution in [0, 0.1) is 5.82 Å². The summed E-state index contributed by atoms with van der Waals surface area (Å²) in [4.78, 5) is 11.9. The number of primary sulfonamides is 1. The van der Waals surface area contributed by atoms with E-state index < -0.39 is 26.6 Å². The fourth-order valence-electron chi connectivity index (χ4n) is 2.42. The number of carbonyl (C=O) groups excluding carboxylic acids is 1. The van der Waals surface area contributed by atoms with Crippen molar-refractivity contribution in [3.05, 3.63) is 28.0 Å². The predicted molar refractivity (Wildman–Crippen MR) is 79.8 cm³/mol. The van der Waals surface area contributed by atoms with E-state index in [4.69, 9.17) is 5.14 Å². The number of benzene rings is 1. The molecule has 1 fully saturated rings. The van der Waals surface area contributed by atoms with Crippen LogP contribution in [-0.4, -0.2) is 19.9 Å². The molecule has 21 heavy (non-hydrogen) atoms. The highest BCUT2D eigenvalue weighted by atomic mass is 79.9. The van der Waals surface area contributed by atoms with E-state index in [1.807, 2.05) is 6.92 Å². The van der Waals surface area contributed by atoms with Crippen LogP contribution in [0.1, 0.15) is 43.0 Å². The van der Waals surface area contributed by atoms with Gasteiger partial charge in [-0.1, -0.05) is 6.92 Å². The molecule has 3 N–H and O–H groups in total. The molecule has 5 nitrogen and oxygen atoms in total. The lowest BCUT2D eigenvalue weighted by molar-refractivity contribution is 0.0819. The Balaban J connectivity index is 2.40. The van der Waals surface area contributed by atoms with Crippen molar-refractivity contribution in [1.29, 1.82) is 0 Å². The van der Waals surface area contributed by atoms with E-state index in [1.54, 1.807) is 0 Å². The van der Waals surface area contributed by atoms with Gasteiger partial charge in [-0.15, -0.1) is 0 Å². The topological polar surface area (TPSA) is 89.3 Å². The van der Waals surface area contributed by atoms with Gasteiger partial charge in [0.25, 0.3) is 5.91 Å². The summed E-state index contributed by atoms with van der Waals surface area (Å²) in [5, 5.41) is 7.90. The van der Waals surface area contributed by atoms with Crippen LogP contribution >= 0.6 is 15.9 Å². The lowest BCUT2D eigenvalue weighted by Gasteiger charge is -2.42. The normalized spacial score (nSPS) is 17.1. The van der Waals surface area contributed by atoms with E-state index in [9.17, 15) is 17.6 Å². The number of hydrogen-bond donors (Lipinski definition) is 2. The summed E-state index contributed by atoms with van der Waals surface area (Å²) in [6, 6.07) is 1.78. The number of sulfonamides is 1. The Hall–Kier alpha value is -0.990. The van der Waals surface area contributed by atoms with Crippen molar-refractivity contribution < 1.29 is 17.6 Å². The third kappa shape index (κ3) is 3.27. The van der Waals surface area contributed by atoms with Gasteiger partial charge in [0.05, 0.1) is 14.9 Å². The summed E-state index contributed by atoms with van der Waals surface area (Å²) < 4.78 is 36.4. The SMILES string of the molecule is CCC1(NC(=O)c2cc(F)cc(S(N)(=O)=O)c2Br)CCC1. The number of rotatable bonds is 4. The summed E-state index contributed by atoms with van der Waals surface area (Å²) >= 11 is 3.03. The zero-order valence-corrected chi connectivity index (χ0v) is 13.9. The van der Waals surface area contributed by atoms with E-state index in [1.165, 1.54) is 0 Å². The lowest BCUT2D eigenvalue weighted by atomic mass is 9.74. The van der Waals surface area contributed by atoms with Crippen molar-refractivity contribution >= 4 is 31.9 Å². The van der Waals surface area contributed by atoms with Crippen molar-refractivity contribution in [2.45, 2.75) is 43.0 Å². The molecule has 8 heteroatoms. The highest BCUT2D eigenvalue weighted by Crippen LogP contribution is 2.35. The molecule has 0 spiro atoms. The molecule has 0 radical (unpaired) electrons. The van der Waals surface area contributed by atoms with Gasteiger partial charge < -0.3 is 5.32 Å². The van der Waals surface area contributed by atoms with Crippen LogP contribution in [0.25, 0.3) is 0 Å². The van der Waals surface area contributed by atoms with Crippen LogP contribution in [-0.2, 0) is 10.0 Å². The number of hydrogen-bond acceptors (Lipinski definition) is 3. The Labute approximate surface area is 131 Å². The highest BCUT2D eigenvalue weighted by Gasteiger charge is 2.37. The van der Waals surface area contributed by atoms with Crippen molar-refractivity contribution in [3.63, 3.8) is 0 Å². The van der Waals surface area contributed by atoms with Gasteiger partial charge in [0.2, 0.25) is 10.0 Å². The molecule has 1 aliphatic rings. The Morgan fingerprint density at radius 1 is 1.48 bits per heavy atom. The van der Waals surface area contributed by atoms with E-state index in [-0.39, 0.29) is 15.6 Å². The van der Waals surface area contributed by atoms with E-state index in [0.29, 0.717) is 0 Å². The standard InChI is InChI=1S/C13H16BrFN2O3S/c1-2-13(4-3-5-13)17-12(18)9-6-8(15)7-10(11(9)14)21(16,19)20/h6-7H,2-5H2,1H3,(H,17,18)(H2,16,19,20). The fraction of sp³-hybridized carbons (Fsp3) is 0.462. The fourth-order valence-corrected chi connectivity index (χ4v) is 4.14. The molecule has 1 saturated carbocycles. The lowest BCUT2D eigenvalue weighted by Crippen LogP contribution is -2.53. The molecule has 1 aromatic rings. The third-order valence-electron chi connectivity index (χ3n) is 3.92. The number of halogens is 2. The summed E-state index contributed by atoms with van der Waals surface area (Å²) in [7, 11) is -4.12. The summed E-state index contributed by atoms with van der Waals surface area (Å²) in [5.41, 5.74) is -0.344. The minimum Gasteiger partial charge on any atom is -0.347 e. The number of carbonyl (C=O) groups is 1. The van der Waals surface area contributed by atoms with Gasteiger partial charge in [-0.2, -0.15) is 0 Å². The van der Waals surface area contributed by atoms with Crippen LogP contribution in [0.3, 0.4) is 0 Å². The second kappa shape index (κ2) is 5.66. The van der Waals surface area contributed by atoms with Crippen molar-refractivity contribution in [2.24, 2.45) is 5.14 Å². The second-order valence-corrected chi connectivity index (χ2v) is 7.57. The zero-order chi connectivity index (χ0) is 15.8. The molecule has 116 valence electrons. The largest absolute Gasteiger partial charge is 0.347 e. The first-order valence-electron chi connectivity index (χ1n) is 6.53. The minimum atomic E-state index is -4.12. The molecule has 1 aliphatic carbocycles. The van der Waals surface area contributed by atoms with Crippen LogP contribution in [0.2, 0.25) is 0 Å². The Morgan fingerprint density at radius 3 is 2.52 bits per heavy atom. The molecule has 0 atom stereocenters. The zero-order valence-electron chi connectivity index (χ0n) is 11.4. The maximum atomic E-state index is 13.6. The van der Waals surface area contributed by atoms with Gasteiger partial charge >= 0.3 is 0 Å². The van der Waals surface area contributed by atoms with E-state index >= 15 is 0 Å². The number of amides is 1. The average molecular weight is 379 g/mol. The molecule has 0 heterocycles. The first kappa shape index (κ1) is 16.4. The highest BCUT2D eigenvalue weighted by molar-refractivity contribution is 9.10. The summed E-state index contributed by atoms with van der Waals surface area (Å²) in [6.07, 6.45) is 3.53. The first-order chi connectivity index (χ1) is 9.68. The molecule has 1 aromatic carbocycles. The molecule has 2 rings (SSSR count). The molecular formula is C13H16BrFN2O3S. The molecule has 1 amide bonds. The Kier molecular flexibility index (Phi) is 4.41. The van der Waals surface area contributed by atoms with E-state index in [0.717, 1.165) is 37.8 Å². The minimum absolute atomic E-state index is 0.0190. The van der Waals surface area contributed by atoms with Crippen LogP contribution < -0.4 is 10.5 Å².